The van der Waals surface area contributed by atoms with Crippen molar-refractivity contribution < 1.29 is 14.3 Å². The van der Waals surface area contributed by atoms with Gasteiger partial charge in [-0.15, -0.1) is 0 Å². The molecule has 1 aliphatic carbocycles. The van der Waals surface area contributed by atoms with Gasteiger partial charge in [0.15, 0.2) is 12.4 Å². The fourth-order valence-corrected chi connectivity index (χ4v) is 3.33. The minimum Gasteiger partial charge on any atom is -0.456 e. The number of hydrogen-bond donors (Lipinski definition) is 1. The summed E-state index contributed by atoms with van der Waals surface area (Å²) in [6.07, 6.45) is 10.1. The Kier molecular flexibility index (Phi) is 7.79. The summed E-state index contributed by atoms with van der Waals surface area (Å²) < 4.78 is 4.98. The fraction of sp³-hybridized carbons (Fsp3) is 0.588. The van der Waals surface area contributed by atoms with Crippen molar-refractivity contribution in [3.63, 3.8) is 0 Å². The Bertz CT molecular complexity index is 575. The molecule has 0 saturated heterocycles. The second-order valence-electron chi connectivity index (χ2n) is 6.09. The Morgan fingerprint density at radius 2 is 2.00 bits per heavy atom. The predicted octanol–water partition coefficient (Wildman–Crippen LogP) is 4.62. The molecule has 1 aromatic rings. The maximum absolute atomic E-state index is 11.8. The number of pyridine rings is 1. The average molecular weight is 373 g/mol. The number of ether oxygens (including phenoxy) is 1. The van der Waals surface area contributed by atoms with Crippen molar-refractivity contribution in [3.8, 4) is 0 Å². The number of nitrogens with one attached hydrogen (secondary N) is 1. The molecule has 5 nitrogen and oxygen atoms in total. The average Bonchev–Trinajstić information content (AvgIpc) is 2.56. The highest BCUT2D eigenvalue weighted by Crippen LogP contribution is 2.27. The summed E-state index contributed by atoms with van der Waals surface area (Å²) in [7, 11) is 0. The van der Waals surface area contributed by atoms with Gasteiger partial charge in [0, 0.05) is 12.6 Å². The van der Waals surface area contributed by atoms with Crippen LogP contribution in [0.2, 0.25) is 10.0 Å². The third-order valence-corrected chi connectivity index (χ3v) is 4.64. The van der Waals surface area contributed by atoms with Gasteiger partial charge >= 0.3 is 5.97 Å². The zero-order valence-electron chi connectivity index (χ0n) is 13.5. The highest BCUT2D eigenvalue weighted by Gasteiger charge is 2.15. The van der Waals surface area contributed by atoms with E-state index in [-0.39, 0.29) is 23.4 Å². The number of rotatable bonds is 7. The van der Waals surface area contributed by atoms with E-state index < -0.39 is 5.91 Å². The third kappa shape index (κ3) is 6.65. The van der Waals surface area contributed by atoms with Crippen LogP contribution in [0.4, 0.5) is 5.82 Å². The Morgan fingerprint density at radius 1 is 1.25 bits per heavy atom. The molecule has 1 aliphatic rings. The number of carbonyl (C=O) groups excluding carboxylic acids is 2. The van der Waals surface area contributed by atoms with Crippen LogP contribution in [0, 0.1) is 5.92 Å². The highest BCUT2D eigenvalue weighted by molar-refractivity contribution is 6.36. The Labute approximate surface area is 152 Å². The lowest BCUT2D eigenvalue weighted by Crippen LogP contribution is -2.21. The lowest BCUT2D eigenvalue weighted by molar-refractivity contribution is -0.147. The molecule has 2 rings (SSSR count). The van der Waals surface area contributed by atoms with Crippen molar-refractivity contribution in [2.24, 2.45) is 5.92 Å². The summed E-state index contributed by atoms with van der Waals surface area (Å²) in [5.74, 6) is 0.107. The number of aromatic nitrogens is 1. The summed E-state index contributed by atoms with van der Waals surface area (Å²) in [6, 6.07) is 1.48. The molecule has 0 radical (unpaired) electrons. The second-order valence-corrected chi connectivity index (χ2v) is 6.93. The molecule has 132 valence electrons. The molecule has 1 aromatic heterocycles. The highest BCUT2D eigenvalue weighted by atomic mass is 35.5. The number of carbonyl (C=O) groups is 2. The van der Waals surface area contributed by atoms with Crippen LogP contribution in [-0.4, -0.2) is 23.5 Å². The summed E-state index contributed by atoms with van der Waals surface area (Å²) >= 11 is 11.6. The second kappa shape index (κ2) is 9.84. The topological polar surface area (TPSA) is 68.3 Å². The molecular formula is C17H22Cl2N2O3. The summed E-state index contributed by atoms with van der Waals surface area (Å²) in [4.78, 5) is 27.4. The lowest BCUT2D eigenvalue weighted by atomic mass is 9.86. The van der Waals surface area contributed by atoms with E-state index in [1.54, 1.807) is 0 Å². The largest absolute Gasteiger partial charge is 0.456 e. The molecule has 24 heavy (non-hydrogen) atoms. The molecule has 0 aliphatic heterocycles. The van der Waals surface area contributed by atoms with Crippen LogP contribution in [0.15, 0.2) is 12.3 Å². The molecule has 1 saturated carbocycles. The Hall–Kier alpha value is -1.33. The number of halogens is 2. The summed E-state index contributed by atoms with van der Waals surface area (Å²) in [6.45, 7) is -0.344. The van der Waals surface area contributed by atoms with Crippen LogP contribution in [0.5, 0.6) is 0 Å². The number of esters is 1. The SMILES string of the molecule is O=C(COC(=O)CCCC1CCCCC1)Nc1ncc(Cl)cc1Cl. The van der Waals surface area contributed by atoms with E-state index in [9.17, 15) is 9.59 Å². The van der Waals surface area contributed by atoms with E-state index in [4.69, 9.17) is 27.9 Å². The van der Waals surface area contributed by atoms with Gasteiger partial charge in [0.05, 0.1) is 10.0 Å². The summed E-state index contributed by atoms with van der Waals surface area (Å²) in [5, 5.41) is 3.09. The number of anilines is 1. The van der Waals surface area contributed by atoms with Crippen molar-refractivity contribution in [2.75, 3.05) is 11.9 Å². The first kappa shape index (κ1) is 19.0. The zero-order chi connectivity index (χ0) is 17.4. The van der Waals surface area contributed by atoms with Crippen LogP contribution in [0.25, 0.3) is 0 Å². The Balaban J connectivity index is 1.62. The van der Waals surface area contributed by atoms with Crippen molar-refractivity contribution in [3.05, 3.63) is 22.3 Å². The zero-order valence-corrected chi connectivity index (χ0v) is 15.0. The molecule has 0 spiro atoms. The van der Waals surface area contributed by atoms with Crippen LogP contribution < -0.4 is 5.32 Å². The quantitative estimate of drug-likeness (QED) is 0.708. The molecule has 7 heteroatoms. The molecular weight excluding hydrogens is 351 g/mol. The minimum absolute atomic E-state index is 0.194. The van der Waals surface area contributed by atoms with Crippen LogP contribution in [-0.2, 0) is 14.3 Å². The van der Waals surface area contributed by atoms with E-state index in [0.29, 0.717) is 11.4 Å². The lowest BCUT2D eigenvalue weighted by Gasteiger charge is -2.20. The van der Waals surface area contributed by atoms with Gasteiger partial charge in [-0.25, -0.2) is 4.98 Å². The number of amides is 1. The predicted molar refractivity (Wildman–Crippen MR) is 94.3 cm³/mol. The van der Waals surface area contributed by atoms with Gasteiger partial charge in [-0.3, -0.25) is 9.59 Å². The first-order chi connectivity index (χ1) is 11.5. The van der Waals surface area contributed by atoms with E-state index >= 15 is 0 Å². The van der Waals surface area contributed by atoms with E-state index in [1.165, 1.54) is 44.4 Å². The smallest absolute Gasteiger partial charge is 0.306 e. The van der Waals surface area contributed by atoms with Gasteiger partial charge in [0.25, 0.3) is 5.91 Å². The van der Waals surface area contributed by atoms with Gasteiger partial charge < -0.3 is 10.1 Å². The molecule has 0 bridgehead atoms. The van der Waals surface area contributed by atoms with E-state index in [2.05, 4.69) is 10.3 Å². The van der Waals surface area contributed by atoms with Crippen molar-refractivity contribution in [2.45, 2.75) is 51.4 Å². The van der Waals surface area contributed by atoms with Gasteiger partial charge in [0.2, 0.25) is 0 Å². The third-order valence-electron chi connectivity index (χ3n) is 4.15. The van der Waals surface area contributed by atoms with Gasteiger partial charge in [-0.2, -0.15) is 0 Å². The van der Waals surface area contributed by atoms with Crippen LogP contribution in [0.1, 0.15) is 51.4 Å². The molecule has 1 N–H and O–H groups in total. The van der Waals surface area contributed by atoms with E-state index in [1.807, 2.05) is 0 Å². The first-order valence-corrected chi connectivity index (χ1v) is 9.06. The molecule has 1 amide bonds. The molecule has 1 heterocycles. The maximum Gasteiger partial charge on any atom is 0.306 e. The summed E-state index contributed by atoms with van der Waals surface area (Å²) in [5.41, 5.74) is 0. The standard InChI is InChI=1S/C17H22Cl2N2O3/c18-13-9-14(19)17(20-10-13)21-15(22)11-24-16(23)8-4-7-12-5-2-1-3-6-12/h9-10,12H,1-8,11H2,(H,20,21,22). The van der Waals surface area contributed by atoms with Crippen molar-refractivity contribution in [1.29, 1.82) is 0 Å². The van der Waals surface area contributed by atoms with Gasteiger partial charge in [0.1, 0.15) is 0 Å². The maximum atomic E-state index is 11.8. The number of hydrogen-bond acceptors (Lipinski definition) is 4. The number of nitrogens with zero attached hydrogens (tertiary/aromatic N) is 1. The van der Waals surface area contributed by atoms with E-state index in [0.717, 1.165) is 18.8 Å². The normalized spacial score (nSPS) is 15.1. The van der Waals surface area contributed by atoms with Gasteiger partial charge in [-0.1, -0.05) is 55.3 Å². The molecule has 0 aromatic carbocycles. The minimum atomic E-state index is -0.479. The molecule has 1 fully saturated rings. The molecule has 0 unspecified atom stereocenters. The van der Waals surface area contributed by atoms with Crippen LogP contribution >= 0.6 is 23.2 Å². The Morgan fingerprint density at radius 3 is 2.71 bits per heavy atom. The van der Waals surface area contributed by atoms with Crippen molar-refractivity contribution >= 4 is 40.9 Å². The van der Waals surface area contributed by atoms with Gasteiger partial charge in [-0.05, 0) is 24.8 Å². The molecule has 0 atom stereocenters. The monoisotopic (exact) mass is 372 g/mol. The first-order valence-electron chi connectivity index (χ1n) is 8.31. The van der Waals surface area contributed by atoms with Crippen molar-refractivity contribution in [1.82, 2.24) is 4.98 Å². The fourth-order valence-electron chi connectivity index (χ4n) is 2.90. The van der Waals surface area contributed by atoms with Crippen LogP contribution in [0.3, 0.4) is 0 Å².